The van der Waals surface area contributed by atoms with Crippen LogP contribution in [0.5, 0.6) is 0 Å². The molecule has 1 aromatic heterocycles. The highest BCUT2D eigenvalue weighted by molar-refractivity contribution is 9.10. The molecule has 0 N–H and O–H groups in total. The summed E-state index contributed by atoms with van der Waals surface area (Å²) >= 11 is 9.02. The molecule has 7 heteroatoms. The zero-order chi connectivity index (χ0) is 13.5. The maximum atomic E-state index is 11.9. The lowest BCUT2D eigenvalue weighted by molar-refractivity contribution is 0.468. The summed E-state index contributed by atoms with van der Waals surface area (Å²) in [4.78, 5) is 11.9. The Hall–Kier alpha value is -0.850. The lowest BCUT2D eigenvalue weighted by Crippen LogP contribution is -2.09. The topological polar surface area (TPSA) is 64.3 Å². The Morgan fingerprint density at radius 2 is 2.00 bits per heavy atom. The molecule has 0 amide bonds. The highest BCUT2D eigenvalue weighted by Gasteiger charge is 2.18. The van der Waals surface area contributed by atoms with Crippen LogP contribution in [0.25, 0.3) is 11.0 Å². The molecule has 2 rings (SSSR count). The van der Waals surface area contributed by atoms with Crippen LogP contribution in [0.1, 0.15) is 6.92 Å². The van der Waals surface area contributed by atoms with Crippen LogP contribution in [0.15, 0.2) is 37.0 Å². The molecule has 0 unspecified atom stereocenters. The quantitative estimate of drug-likeness (QED) is 0.834. The second-order valence-corrected chi connectivity index (χ2v) is 7.10. The van der Waals surface area contributed by atoms with E-state index in [-0.39, 0.29) is 21.8 Å². The zero-order valence-corrected chi connectivity index (χ0v) is 12.4. The lowest BCUT2D eigenvalue weighted by atomic mass is 10.2. The summed E-state index contributed by atoms with van der Waals surface area (Å²) in [5.41, 5.74) is -0.259. The molecule has 0 aliphatic carbocycles. The van der Waals surface area contributed by atoms with Gasteiger partial charge in [0.25, 0.3) is 0 Å². The molecule has 0 atom stereocenters. The monoisotopic (exact) mass is 350 g/mol. The number of sulfone groups is 1. The van der Waals surface area contributed by atoms with Crippen LogP contribution in [-0.2, 0) is 9.84 Å². The van der Waals surface area contributed by atoms with E-state index in [0.717, 1.165) is 6.07 Å². The Morgan fingerprint density at radius 3 is 2.61 bits per heavy atom. The van der Waals surface area contributed by atoms with Crippen LogP contribution in [0.2, 0.25) is 5.02 Å². The second kappa shape index (κ2) is 4.68. The van der Waals surface area contributed by atoms with Crippen LogP contribution in [0, 0.1) is 0 Å². The first kappa shape index (κ1) is 13.6. The number of hydrogen-bond donors (Lipinski definition) is 0. The average molecular weight is 352 g/mol. The van der Waals surface area contributed by atoms with Crippen molar-refractivity contribution < 1.29 is 12.8 Å². The Bertz CT molecular complexity index is 779. The molecule has 1 aromatic carbocycles. The van der Waals surface area contributed by atoms with Gasteiger partial charge in [-0.1, -0.05) is 18.5 Å². The van der Waals surface area contributed by atoms with Crippen LogP contribution in [-0.4, -0.2) is 14.2 Å². The van der Waals surface area contributed by atoms with Crippen molar-refractivity contribution in [2.45, 2.75) is 12.0 Å². The minimum atomic E-state index is -3.56. The number of benzene rings is 1. The first-order chi connectivity index (χ1) is 8.35. The van der Waals surface area contributed by atoms with E-state index in [1.165, 1.54) is 19.1 Å². The van der Waals surface area contributed by atoms with Crippen molar-refractivity contribution in [3.63, 3.8) is 0 Å². The van der Waals surface area contributed by atoms with Crippen molar-refractivity contribution in [1.82, 2.24) is 0 Å². The highest BCUT2D eigenvalue weighted by atomic mass is 79.9. The summed E-state index contributed by atoms with van der Waals surface area (Å²) < 4.78 is 29.1. The van der Waals surface area contributed by atoms with Crippen molar-refractivity contribution in [1.29, 1.82) is 0 Å². The third-order valence-corrected chi connectivity index (χ3v) is 4.79. The largest absolute Gasteiger partial charge is 0.443 e. The van der Waals surface area contributed by atoms with Gasteiger partial charge in [0.15, 0.2) is 11.0 Å². The van der Waals surface area contributed by atoms with Gasteiger partial charge in [0.2, 0.25) is 14.9 Å². The van der Waals surface area contributed by atoms with Crippen LogP contribution < -0.4 is 5.43 Å². The van der Waals surface area contributed by atoms with E-state index in [4.69, 9.17) is 16.0 Å². The molecule has 0 saturated carbocycles. The van der Waals surface area contributed by atoms with Gasteiger partial charge in [-0.05, 0) is 28.1 Å². The maximum absolute atomic E-state index is 11.9. The molecule has 0 saturated heterocycles. The van der Waals surface area contributed by atoms with Crippen LogP contribution in [0.4, 0.5) is 0 Å². The van der Waals surface area contributed by atoms with Gasteiger partial charge in [0, 0.05) is 11.1 Å². The maximum Gasteiger partial charge on any atom is 0.222 e. The predicted molar refractivity (Wildman–Crippen MR) is 72.9 cm³/mol. The van der Waals surface area contributed by atoms with Gasteiger partial charge in [-0.2, -0.15) is 0 Å². The minimum absolute atomic E-state index is 0.132. The van der Waals surface area contributed by atoms with Gasteiger partial charge in [0.1, 0.15) is 0 Å². The first-order valence-corrected chi connectivity index (χ1v) is 7.83. The third-order valence-electron chi connectivity index (χ3n) is 2.41. The van der Waals surface area contributed by atoms with Crippen molar-refractivity contribution in [2.24, 2.45) is 0 Å². The molecule has 0 aliphatic rings. The Morgan fingerprint density at radius 1 is 1.33 bits per heavy atom. The summed E-state index contributed by atoms with van der Waals surface area (Å²) in [7, 11) is -3.56. The molecular formula is C11H8BrClO4S. The van der Waals surface area contributed by atoms with Crippen molar-refractivity contribution in [3.05, 3.63) is 37.9 Å². The molecule has 0 aliphatic heterocycles. The van der Waals surface area contributed by atoms with Gasteiger partial charge in [-0.15, -0.1) is 0 Å². The smallest absolute Gasteiger partial charge is 0.222 e. The van der Waals surface area contributed by atoms with Gasteiger partial charge < -0.3 is 4.42 Å². The summed E-state index contributed by atoms with van der Waals surface area (Å²) in [6, 6.07) is 3.95. The molecule has 1 heterocycles. The van der Waals surface area contributed by atoms with E-state index >= 15 is 0 Å². The molecule has 4 nitrogen and oxygen atoms in total. The van der Waals surface area contributed by atoms with Gasteiger partial charge in [0.05, 0.1) is 15.6 Å². The predicted octanol–water partition coefficient (Wildman–Crippen LogP) is 3.00. The molecule has 0 bridgehead atoms. The van der Waals surface area contributed by atoms with E-state index in [9.17, 15) is 13.2 Å². The van der Waals surface area contributed by atoms with Gasteiger partial charge in [-0.25, -0.2) is 8.42 Å². The molecule has 96 valence electrons. The standard InChI is InChI=1S/C11H8BrClO4S/c1-2-18(15,16)10-5-9(14)7-3-6(13)4-8(12)11(7)17-10/h3-5H,2H2,1H3. The number of rotatable bonds is 2. The van der Waals surface area contributed by atoms with Crippen molar-refractivity contribution in [3.8, 4) is 0 Å². The van der Waals surface area contributed by atoms with E-state index in [1.807, 2.05) is 0 Å². The average Bonchev–Trinajstić information content (AvgIpc) is 2.30. The normalized spacial score (nSPS) is 11.9. The van der Waals surface area contributed by atoms with Gasteiger partial charge >= 0.3 is 0 Å². The third kappa shape index (κ3) is 2.32. The Labute approximate surface area is 117 Å². The zero-order valence-electron chi connectivity index (χ0n) is 9.24. The second-order valence-electron chi connectivity index (χ2n) is 3.60. The van der Waals surface area contributed by atoms with E-state index in [0.29, 0.717) is 9.50 Å². The fourth-order valence-electron chi connectivity index (χ4n) is 1.46. The Balaban J connectivity index is 2.91. The van der Waals surface area contributed by atoms with Crippen molar-refractivity contribution >= 4 is 48.3 Å². The number of halogens is 2. The molecule has 0 radical (unpaired) electrons. The molecule has 0 spiro atoms. The summed E-state index contributed by atoms with van der Waals surface area (Å²) in [6.45, 7) is 1.48. The van der Waals surface area contributed by atoms with E-state index < -0.39 is 15.3 Å². The molecule has 18 heavy (non-hydrogen) atoms. The van der Waals surface area contributed by atoms with Gasteiger partial charge in [-0.3, -0.25) is 4.79 Å². The molecule has 2 aromatic rings. The summed E-state index contributed by atoms with van der Waals surface area (Å²) in [5.74, 6) is -0.132. The molecular weight excluding hydrogens is 344 g/mol. The van der Waals surface area contributed by atoms with Crippen LogP contribution in [0.3, 0.4) is 0 Å². The number of fused-ring (bicyclic) bond motifs is 1. The minimum Gasteiger partial charge on any atom is -0.443 e. The van der Waals surface area contributed by atoms with Crippen molar-refractivity contribution in [2.75, 3.05) is 5.75 Å². The lowest BCUT2D eigenvalue weighted by Gasteiger charge is -2.04. The van der Waals surface area contributed by atoms with Crippen LogP contribution >= 0.6 is 27.5 Å². The number of hydrogen-bond acceptors (Lipinski definition) is 4. The summed E-state index contributed by atoms with van der Waals surface area (Å²) in [5, 5.41) is 0.280. The fourth-order valence-corrected chi connectivity index (χ4v) is 3.13. The SMILES string of the molecule is CCS(=O)(=O)c1cc(=O)c2cc(Cl)cc(Br)c2o1. The van der Waals surface area contributed by atoms with E-state index in [1.54, 1.807) is 0 Å². The van der Waals surface area contributed by atoms with E-state index in [2.05, 4.69) is 15.9 Å². The summed E-state index contributed by atoms with van der Waals surface area (Å²) in [6.07, 6.45) is 0. The highest BCUT2D eigenvalue weighted by Crippen LogP contribution is 2.28. The first-order valence-electron chi connectivity index (χ1n) is 5.01. The molecule has 0 fully saturated rings. The Kier molecular flexibility index (Phi) is 3.53. The fraction of sp³-hybridized carbons (Fsp3) is 0.182.